The number of benzene rings is 1. The maximum atomic E-state index is 12.5. The summed E-state index contributed by atoms with van der Waals surface area (Å²) in [5.41, 5.74) is 6.35. The van der Waals surface area contributed by atoms with Crippen LogP contribution in [0.5, 0.6) is 0 Å². The number of ether oxygens (including phenoxy) is 1. The van der Waals surface area contributed by atoms with Gasteiger partial charge in [-0.2, -0.15) is 4.98 Å². The standard InChI is InChI=1S/C17H22N5O6PS/c1-29(24,28-9-12-3-5-13(6-4-12)30(2,25)26)11-27-8-7-22-10-19-14-15(22)20-17(18)21-16(14)23/h3-6,10H,7-9,11H2,1-2H3,(H3,18,20,21,23). The number of H-pyrrole nitrogens is 1. The first-order valence-corrected chi connectivity index (χ1v) is 13.0. The van der Waals surface area contributed by atoms with Crippen LogP contribution in [-0.2, 0) is 36.8 Å². The molecule has 1 unspecified atom stereocenters. The van der Waals surface area contributed by atoms with Gasteiger partial charge in [0.25, 0.3) is 5.56 Å². The molecule has 0 amide bonds. The van der Waals surface area contributed by atoms with Crippen molar-refractivity contribution >= 4 is 34.3 Å². The number of hydrogen-bond acceptors (Lipinski definition) is 9. The maximum Gasteiger partial charge on any atom is 0.280 e. The van der Waals surface area contributed by atoms with Gasteiger partial charge < -0.3 is 19.6 Å². The Kier molecular flexibility index (Phi) is 6.41. The van der Waals surface area contributed by atoms with E-state index in [-0.39, 0.29) is 35.9 Å². The van der Waals surface area contributed by atoms with Gasteiger partial charge in [-0.25, -0.2) is 13.4 Å². The Hall–Kier alpha value is -2.53. The molecule has 13 heteroatoms. The Morgan fingerprint density at radius 3 is 2.63 bits per heavy atom. The summed E-state index contributed by atoms with van der Waals surface area (Å²) in [5.74, 6) is -0.00815. The minimum absolute atomic E-state index is 0.00815. The number of nitrogens with zero attached hydrogens (tertiary/aromatic N) is 3. The number of rotatable bonds is 9. The molecule has 0 fully saturated rings. The van der Waals surface area contributed by atoms with Gasteiger partial charge in [0.05, 0.1) is 24.4 Å². The lowest BCUT2D eigenvalue weighted by molar-refractivity contribution is 0.153. The highest BCUT2D eigenvalue weighted by atomic mass is 32.2. The second kappa shape index (κ2) is 8.68. The molecule has 11 nitrogen and oxygen atoms in total. The first-order chi connectivity index (χ1) is 14.0. The molecule has 30 heavy (non-hydrogen) atoms. The van der Waals surface area contributed by atoms with E-state index in [4.69, 9.17) is 15.0 Å². The lowest BCUT2D eigenvalue weighted by Crippen LogP contribution is -2.13. The van der Waals surface area contributed by atoms with Gasteiger partial charge >= 0.3 is 0 Å². The molecule has 0 saturated heterocycles. The average Bonchev–Trinajstić information content (AvgIpc) is 3.06. The van der Waals surface area contributed by atoms with E-state index in [0.717, 1.165) is 6.26 Å². The molecule has 0 bridgehead atoms. The van der Waals surface area contributed by atoms with E-state index in [1.807, 2.05) is 0 Å². The summed E-state index contributed by atoms with van der Waals surface area (Å²) < 4.78 is 48.0. The van der Waals surface area contributed by atoms with Crippen molar-refractivity contribution in [2.75, 3.05) is 31.6 Å². The van der Waals surface area contributed by atoms with E-state index >= 15 is 0 Å². The molecule has 0 saturated carbocycles. The number of sulfone groups is 1. The molecule has 1 atom stereocenters. The summed E-state index contributed by atoms with van der Waals surface area (Å²) in [7, 11) is -6.30. The molecule has 3 N–H and O–H groups in total. The third-order valence-corrected chi connectivity index (χ3v) is 6.61. The van der Waals surface area contributed by atoms with Crippen LogP contribution >= 0.6 is 7.37 Å². The van der Waals surface area contributed by atoms with E-state index in [1.54, 1.807) is 16.7 Å². The summed E-state index contributed by atoms with van der Waals surface area (Å²) in [6, 6.07) is 6.18. The van der Waals surface area contributed by atoms with Gasteiger partial charge in [-0.05, 0) is 17.7 Å². The predicted molar refractivity (Wildman–Crippen MR) is 111 cm³/mol. The fraction of sp³-hybridized carbons (Fsp3) is 0.353. The van der Waals surface area contributed by atoms with Gasteiger partial charge in [0.1, 0.15) is 6.35 Å². The highest BCUT2D eigenvalue weighted by Crippen LogP contribution is 2.43. The van der Waals surface area contributed by atoms with Gasteiger partial charge in [0.2, 0.25) is 13.3 Å². The molecule has 2 aromatic heterocycles. The normalized spacial score (nSPS) is 14.1. The number of fused-ring (bicyclic) bond motifs is 1. The van der Waals surface area contributed by atoms with Gasteiger partial charge in [-0.3, -0.25) is 14.3 Å². The SMILES string of the molecule is CP(=O)(COCCn1cnc2c(=O)[nH]c(N)nc21)OCc1ccc(S(C)(=O)=O)cc1. The molecule has 0 aliphatic rings. The van der Waals surface area contributed by atoms with E-state index in [2.05, 4.69) is 15.0 Å². The van der Waals surface area contributed by atoms with Gasteiger partial charge in [0.15, 0.2) is 21.0 Å². The minimum Gasteiger partial charge on any atom is -0.370 e. The molecule has 0 spiro atoms. The van der Waals surface area contributed by atoms with E-state index in [9.17, 15) is 17.8 Å². The largest absolute Gasteiger partial charge is 0.370 e. The average molecular weight is 455 g/mol. The molecule has 0 aliphatic carbocycles. The molecule has 162 valence electrons. The quantitative estimate of drug-likeness (QED) is 0.357. The van der Waals surface area contributed by atoms with Crippen LogP contribution in [0.15, 0.2) is 40.3 Å². The first kappa shape index (κ1) is 22.2. The van der Waals surface area contributed by atoms with Crippen LogP contribution in [0.1, 0.15) is 5.56 Å². The van der Waals surface area contributed by atoms with Crippen LogP contribution in [-0.4, -0.2) is 53.8 Å². The molecular weight excluding hydrogens is 433 g/mol. The minimum atomic E-state index is -3.27. The first-order valence-electron chi connectivity index (χ1n) is 8.84. The van der Waals surface area contributed by atoms with Crippen LogP contribution in [0.2, 0.25) is 0 Å². The summed E-state index contributed by atoms with van der Waals surface area (Å²) in [5, 5.41) is 0. The maximum absolute atomic E-state index is 12.5. The Morgan fingerprint density at radius 1 is 1.27 bits per heavy atom. The summed E-state index contributed by atoms with van der Waals surface area (Å²) in [6.45, 7) is 2.06. The molecule has 3 rings (SSSR count). The third kappa shape index (κ3) is 5.54. The molecule has 0 aliphatic heterocycles. The lowest BCUT2D eigenvalue weighted by Gasteiger charge is -2.14. The zero-order valence-electron chi connectivity index (χ0n) is 16.4. The number of nitrogen functional groups attached to an aromatic ring is 1. The highest BCUT2D eigenvalue weighted by Gasteiger charge is 2.17. The van der Waals surface area contributed by atoms with Crippen molar-refractivity contribution in [2.45, 2.75) is 18.0 Å². The number of anilines is 1. The number of nitrogens with two attached hydrogens (primary N) is 1. The van der Waals surface area contributed by atoms with Crippen molar-refractivity contribution in [3.05, 3.63) is 46.5 Å². The molecule has 0 radical (unpaired) electrons. The second-order valence-electron chi connectivity index (χ2n) is 6.80. The fourth-order valence-electron chi connectivity index (χ4n) is 2.61. The van der Waals surface area contributed by atoms with Gasteiger partial charge in [-0.1, -0.05) is 12.1 Å². The van der Waals surface area contributed by atoms with Crippen molar-refractivity contribution in [1.82, 2.24) is 19.5 Å². The van der Waals surface area contributed by atoms with Crippen molar-refractivity contribution < 1.29 is 22.2 Å². The molecule has 1 aromatic carbocycles. The van der Waals surface area contributed by atoms with Crippen molar-refractivity contribution in [2.24, 2.45) is 0 Å². The van der Waals surface area contributed by atoms with Crippen LogP contribution < -0.4 is 11.3 Å². The Balaban J connectivity index is 1.50. The monoisotopic (exact) mass is 455 g/mol. The Morgan fingerprint density at radius 2 is 1.97 bits per heavy atom. The van der Waals surface area contributed by atoms with Crippen LogP contribution in [0.4, 0.5) is 5.95 Å². The van der Waals surface area contributed by atoms with Gasteiger partial charge in [-0.15, -0.1) is 0 Å². The molecule has 3 aromatic rings. The fourth-order valence-corrected chi connectivity index (χ4v) is 4.20. The van der Waals surface area contributed by atoms with Gasteiger partial charge in [0, 0.05) is 19.5 Å². The van der Waals surface area contributed by atoms with E-state index < -0.39 is 22.8 Å². The Bertz CT molecular complexity index is 1250. The Labute approximate surface area is 172 Å². The van der Waals surface area contributed by atoms with E-state index in [1.165, 1.54) is 25.1 Å². The van der Waals surface area contributed by atoms with Crippen molar-refractivity contribution in [3.63, 3.8) is 0 Å². The van der Waals surface area contributed by atoms with Crippen molar-refractivity contribution in [3.8, 4) is 0 Å². The number of nitrogens with one attached hydrogen (secondary N) is 1. The molecule has 2 heterocycles. The van der Waals surface area contributed by atoms with Crippen LogP contribution in [0.25, 0.3) is 11.2 Å². The number of imidazole rings is 1. The zero-order valence-corrected chi connectivity index (χ0v) is 18.2. The number of hydrogen-bond donors (Lipinski definition) is 2. The highest BCUT2D eigenvalue weighted by molar-refractivity contribution is 7.90. The summed E-state index contributed by atoms with van der Waals surface area (Å²) in [4.78, 5) is 22.4. The van der Waals surface area contributed by atoms with E-state index in [0.29, 0.717) is 17.8 Å². The van der Waals surface area contributed by atoms with Crippen molar-refractivity contribution in [1.29, 1.82) is 0 Å². The number of aromatic amines is 1. The number of aromatic nitrogens is 4. The smallest absolute Gasteiger partial charge is 0.280 e. The summed E-state index contributed by atoms with van der Waals surface area (Å²) in [6.07, 6.45) is 2.49. The third-order valence-electron chi connectivity index (χ3n) is 4.15. The molecular formula is C17H22N5O6PS. The second-order valence-corrected chi connectivity index (χ2v) is 11.4. The zero-order chi connectivity index (χ0) is 21.9. The summed E-state index contributed by atoms with van der Waals surface area (Å²) >= 11 is 0. The van der Waals surface area contributed by atoms with Crippen LogP contribution in [0.3, 0.4) is 0 Å². The topological polar surface area (TPSA) is 159 Å². The lowest BCUT2D eigenvalue weighted by atomic mass is 10.2. The predicted octanol–water partition coefficient (Wildman–Crippen LogP) is 1.20. The van der Waals surface area contributed by atoms with Crippen LogP contribution in [0, 0.1) is 0 Å².